The third kappa shape index (κ3) is 2.71. The maximum atomic E-state index is 9.70. The molecule has 0 amide bonds. The summed E-state index contributed by atoms with van der Waals surface area (Å²) in [5.41, 5.74) is 2.78. The van der Waals surface area contributed by atoms with Crippen LogP contribution in [0.5, 0.6) is 0 Å². The molecule has 0 aliphatic heterocycles. The second-order valence-electron chi connectivity index (χ2n) is 5.68. The molecule has 0 aromatic carbocycles. The van der Waals surface area contributed by atoms with E-state index >= 15 is 0 Å². The van der Waals surface area contributed by atoms with Crippen LogP contribution < -0.4 is 0 Å². The van der Waals surface area contributed by atoms with Crippen LogP contribution in [0.2, 0.25) is 0 Å². The molecule has 1 N–H and O–H groups in total. The summed E-state index contributed by atoms with van der Waals surface area (Å²) in [5, 5.41) is 14.3. The maximum Gasteiger partial charge on any atom is 0.0624 e. The Morgan fingerprint density at radius 3 is 2.82 bits per heavy atom. The van der Waals surface area contributed by atoms with Gasteiger partial charge in [-0.05, 0) is 50.5 Å². The molecule has 1 heterocycles. The van der Waals surface area contributed by atoms with Crippen LogP contribution in [-0.2, 0) is 19.4 Å². The van der Waals surface area contributed by atoms with Crippen molar-refractivity contribution >= 4 is 0 Å². The van der Waals surface area contributed by atoms with E-state index < -0.39 is 0 Å². The highest BCUT2D eigenvalue weighted by Gasteiger charge is 2.35. The first-order chi connectivity index (χ1) is 8.06. The van der Waals surface area contributed by atoms with Gasteiger partial charge in [-0.25, -0.2) is 0 Å². The summed E-state index contributed by atoms with van der Waals surface area (Å²) in [6, 6.07) is 2.24. The normalized spacial score (nSPS) is 28.8. The van der Waals surface area contributed by atoms with Crippen molar-refractivity contribution in [1.82, 2.24) is 9.78 Å². The molecule has 3 heteroatoms. The standard InChI is InChI=1S/C14H24N2O/c1-4-11-8-12(16(5-2)15-11)9-14(3)7-6-13(17)10-14/h8,13,17H,4-7,9-10H2,1-3H3. The van der Waals surface area contributed by atoms with Crippen molar-refractivity contribution < 1.29 is 5.11 Å². The van der Waals surface area contributed by atoms with E-state index in [9.17, 15) is 5.11 Å². The number of rotatable bonds is 4. The second-order valence-corrected chi connectivity index (χ2v) is 5.68. The zero-order valence-corrected chi connectivity index (χ0v) is 11.2. The van der Waals surface area contributed by atoms with Gasteiger partial charge in [-0.2, -0.15) is 5.10 Å². The number of aliphatic hydroxyl groups excluding tert-OH is 1. The summed E-state index contributed by atoms with van der Waals surface area (Å²) in [6.45, 7) is 7.52. The van der Waals surface area contributed by atoms with Gasteiger partial charge < -0.3 is 5.11 Å². The van der Waals surface area contributed by atoms with E-state index in [0.717, 1.165) is 38.6 Å². The molecule has 0 radical (unpaired) electrons. The Kier molecular flexibility index (Phi) is 3.57. The summed E-state index contributed by atoms with van der Waals surface area (Å²) in [7, 11) is 0. The molecule has 1 aromatic rings. The van der Waals surface area contributed by atoms with Crippen LogP contribution in [-0.4, -0.2) is 21.0 Å². The van der Waals surface area contributed by atoms with Gasteiger partial charge in [0.25, 0.3) is 0 Å². The van der Waals surface area contributed by atoms with Crippen molar-refractivity contribution in [2.45, 2.75) is 65.5 Å². The minimum atomic E-state index is -0.0938. The Morgan fingerprint density at radius 1 is 1.53 bits per heavy atom. The Morgan fingerprint density at radius 2 is 2.29 bits per heavy atom. The lowest BCUT2D eigenvalue weighted by atomic mass is 9.83. The van der Waals surface area contributed by atoms with Crippen LogP contribution in [0.15, 0.2) is 6.07 Å². The first-order valence-electron chi connectivity index (χ1n) is 6.80. The Bertz CT molecular complexity index is 386. The number of nitrogens with zero attached hydrogens (tertiary/aromatic N) is 2. The van der Waals surface area contributed by atoms with Gasteiger partial charge in [0.15, 0.2) is 0 Å². The van der Waals surface area contributed by atoms with Crippen LogP contribution in [0.3, 0.4) is 0 Å². The summed E-state index contributed by atoms with van der Waals surface area (Å²) in [4.78, 5) is 0. The molecule has 2 unspecified atom stereocenters. The number of aliphatic hydroxyl groups is 1. The Balaban J connectivity index is 2.14. The van der Waals surface area contributed by atoms with E-state index in [1.54, 1.807) is 0 Å². The molecule has 0 spiro atoms. The summed E-state index contributed by atoms with van der Waals surface area (Å²) in [6.07, 6.45) is 4.97. The zero-order valence-electron chi connectivity index (χ0n) is 11.2. The zero-order chi connectivity index (χ0) is 12.5. The average molecular weight is 236 g/mol. The topological polar surface area (TPSA) is 38.0 Å². The van der Waals surface area contributed by atoms with Gasteiger partial charge in [-0.15, -0.1) is 0 Å². The highest BCUT2D eigenvalue weighted by Crippen LogP contribution is 2.40. The summed E-state index contributed by atoms with van der Waals surface area (Å²) >= 11 is 0. The van der Waals surface area contributed by atoms with Gasteiger partial charge in [0.05, 0.1) is 11.8 Å². The monoisotopic (exact) mass is 236 g/mol. The molecule has 2 atom stereocenters. The summed E-state index contributed by atoms with van der Waals surface area (Å²) < 4.78 is 2.12. The van der Waals surface area contributed by atoms with Gasteiger partial charge >= 0.3 is 0 Å². The molecular weight excluding hydrogens is 212 g/mol. The van der Waals surface area contributed by atoms with Crippen LogP contribution in [0.1, 0.15) is 51.4 Å². The van der Waals surface area contributed by atoms with E-state index in [1.165, 1.54) is 11.4 Å². The number of hydrogen-bond donors (Lipinski definition) is 1. The predicted molar refractivity (Wildman–Crippen MR) is 68.9 cm³/mol. The van der Waals surface area contributed by atoms with E-state index in [1.807, 2.05) is 0 Å². The molecule has 3 nitrogen and oxygen atoms in total. The smallest absolute Gasteiger partial charge is 0.0624 e. The highest BCUT2D eigenvalue weighted by atomic mass is 16.3. The fraction of sp³-hybridized carbons (Fsp3) is 0.786. The lowest BCUT2D eigenvalue weighted by molar-refractivity contribution is 0.163. The lowest BCUT2D eigenvalue weighted by Gasteiger charge is -2.23. The summed E-state index contributed by atoms with van der Waals surface area (Å²) in [5.74, 6) is 0. The van der Waals surface area contributed by atoms with Crippen molar-refractivity contribution in [1.29, 1.82) is 0 Å². The molecular formula is C14H24N2O. The van der Waals surface area contributed by atoms with Crippen LogP contribution in [0.4, 0.5) is 0 Å². The minimum absolute atomic E-state index is 0.0938. The van der Waals surface area contributed by atoms with Gasteiger partial charge in [-0.3, -0.25) is 4.68 Å². The lowest BCUT2D eigenvalue weighted by Crippen LogP contribution is -2.19. The molecule has 2 rings (SSSR count). The first-order valence-corrected chi connectivity index (χ1v) is 6.80. The third-order valence-electron chi connectivity index (χ3n) is 3.99. The molecule has 1 aliphatic carbocycles. The van der Waals surface area contributed by atoms with Crippen molar-refractivity contribution in [3.63, 3.8) is 0 Å². The molecule has 1 saturated carbocycles. The molecule has 0 bridgehead atoms. The van der Waals surface area contributed by atoms with Crippen LogP contribution in [0, 0.1) is 5.41 Å². The van der Waals surface area contributed by atoms with Crippen LogP contribution in [0.25, 0.3) is 0 Å². The van der Waals surface area contributed by atoms with Gasteiger partial charge in [0, 0.05) is 12.2 Å². The Labute approximate surface area is 104 Å². The number of hydrogen-bond acceptors (Lipinski definition) is 2. The van der Waals surface area contributed by atoms with Gasteiger partial charge in [-0.1, -0.05) is 13.8 Å². The van der Waals surface area contributed by atoms with Crippen molar-refractivity contribution in [3.8, 4) is 0 Å². The number of aryl methyl sites for hydroxylation is 2. The molecule has 0 saturated heterocycles. The molecule has 96 valence electrons. The molecule has 17 heavy (non-hydrogen) atoms. The molecule has 1 fully saturated rings. The largest absolute Gasteiger partial charge is 0.393 e. The van der Waals surface area contributed by atoms with Gasteiger partial charge in [0.1, 0.15) is 0 Å². The predicted octanol–water partition coefficient (Wildman–Crippen LogP) is 2.56. The van der Waals surface area contributed by atoms with Gasteiger partial charge in [0.2, 0.25) is 0 Å². The third-order valence-corrected chi connectivity index (χ3v) is 3.99. The molecule has 1 aromatic heterocycles. The number of aromatic nitrogens is 2. The van der Waals surface area contributed by atoms with E-state index in [-0.39, 0.29) is 11.5 Å². The fourth-order valence-corrected chi connectivity index (χ4v) is 2.99. The van der Waals surface area contributed by atoms with E-state index in [4.69, 9.17) is 0 Å². The van der Waals surface area contributed by atoms with E-state index in [2.05, 4.69) is 36.6 Å². The Hall–Kier alpha value is -0.830. The highest BCUT2D eigenvalue weighted by molar-refractivity contribution is 5.13. The minimum Gasteiger partial charge on any atom is -0.393 e. The van der Waals surface area contributed by atoms with Crippen LogP contribution >= 0.6 is 0 Å². The van der Waals surface area contributed by atoms with E-state index in [0.29, 0.717) is 0 Å². The SMILES string of the molecule is CCc1cc(CC2(C)CCC(O)C2)n(CC)n1. The van der Waals surface area contributed by atoms with Crippen molar-refractivity contribution in [2.75, 3.05) is 0 Å². The second kappa shape index (κ2) is 4.81. The van der Waals surface area contributed by atoms with Crippen molar-refractivity contribution in [2.24, 2.45) is 5.41 Å². The average Bonchev–Trinajstić information content (AvgIpc) is 2.83. The first kappa shape index (κ1) is 12.6. The quantitative estimate of drug-likeness (QED) is 0.872. The molecule has 1 aliphatic rings. The fourth-order valence-electron chi connectivity index (χ4n) is 2.99. The van der Waals surface area contributed by atoms with Crippen molar-refractivity contribution in [3.05, 3.63) is 17.5 Å². The maximum absolute atomic E-state index is 9.70.